The smallest absolute Gasteiger partial charge is 0.251 e. The van der Waals surface area contributed by atoms with E-state index in [0.717, 1.165) is 12.6 Å². The Labute approximate surface area is 144 Å². The van der Waals surface area contributed by atoms with E-state index in [1.165, 1.54) is 12.1 Å². The second-order valence-corrected chi connectivity index (χ2v) is 5.61. The first-order valence-corrected chi connectivity index (χ1v) is 7.88. The molecule has 25 heavy (non-hydrogen) atoms. The summed E-state index contributed by atoms with van der Waals surface area (Å²) in [5.74, 6) is -0.465. The molecule has 1 fully saturated rings. The minimum Gasteiger partial charge on any atom is -0.482 e. The number of carbonyl (C=O) groups is 1. The van der Waals surface area contributed by atoms with E-state index in [9.17, 15) is 9.18 Å². The van der Waals surface area contributed by atoms with Crippen LogP contribution in [0.4, 0.5) is 4.39 Å². The summed E-state index contributed by atoms with van der Waals surface area (Å²) in [5, 5.41) is 15.8. The number of benzene rings is 1. The summed E-state index contributed by atoms with van der Waals surface area (Å²) >= 11 is 0. The molecule has 7 nitrogen and oxygen atoms in total. The Hall–Kier alpha value is -2.92. The minimum absolute atomic E-state index is 0.171. The maximum absolute atomic E-state index is 13.4. The lowest BCUT2D eigenvalue weighted by molar-refractivity contribution is 0.0904. The van der Waals surface area contributed by atoms with Crippen molar-refractivity contribution in [3.63, 3.8) is 0 Å². The molecule has 0 saturated carbocycles. The zero-order valence-corrected chi connectivity index (χ0v) is 13.6. The van der Waals surface area contributed by atoms with Gasteiger partial charge in [0.25, 0.3) is 5.91 Å². The predicted octanol–water partition coefficient (Wildman–Crippen LogP) is 1.49. The van der Waals surface area contributed by atoms with Crippen molar-refractivity contribution in [2.75, 3.05) is 13.2 Å². The molecule has 1 N–H and O–H groups in total. The van der Waals surface area contributed by atoms with Gasteiger partial charge in [0, 0.05) is 12.1 Å². The van der Waals surface area contributed by atoms with Gasteiger partial charge in [-0.25, -0.2) is 4.39 Å². The highest BCUT2D eigenvalue weighted by atomic mass is 19.1. The van der Waals surface area contributed by atoms with Gasteiger partial charge < -0.3 is 14.8 Å². The first kappa shape index (κ1) is 16.9. The molecule has 0 radical (unpaired) electrons. The van der Waals surface area contributed by atoms with Crippen LogP contribution in [0.25, 0.3) is 0 Å². The summed E-state index contributed by atoms with van der Waals surface area (Å²) in [6.45, 7) is 3.35. The Balaban J connectivity index is 1.66. The van der Waals surface area contributed by atoms with Gasteiger partial charge in [0.15, 0.2) is 5.75 Å². The summed E-state index contributed by atoms with van der Waals surface area (Å²) in [7, 11) is 0. The van der Waals surface area contributed by atoms with E-state index in [2.05, 4.69) is 10.4 Å². The topological polar surface area (TPSA) is 89.2 Å². The van der Waals surface area contributed by atoms with Gasteiger partial charge in [-0.05, 0) is 25.1 Å². The maximum Gasteiger partial charge on any atom is 0.251 e. The molecular weight excluding hydrogens is 327 g/mol. The summed E-state index contributed by atoms with van der Waals surface area (Å²) in [4.78, 5) is 12.4. The second kappa shape index (κ2) is 7.32. The number of carbonyl (C=O) groups excluding carboxylic acids is 1. The lowest BCUT2D eigenvalue weighted by Gasteiger charge is -2.19. The third-order valence-corrected chi connectivity index (χ3v) is 3.91. The van der Waals surface area contributed by atoms with Crippen LogP contribution >= 0.6 is 0 Å². The quantitative estimate of drug-likeness (QED) is 0.888. The zero-order valence-electron chi connectivity index (χ0n) is 13.6. The van der Waals surface area contributed by atoms with Gasteiger partial charge >= 0.3 is 0 Å². The van der Waals surface area contributed by atoms with Crippen molar-refractivity contribution in [1.29, 1.82) is 5.26 Å². The van der Waals surface area contributed by atoms with Crippen molar-refractivity contribution in [1.82, 2.24) is 15.1 Å². The van der Waals surface area contributed by atoms with Crippen LogP contribution in [0.1, 0.15) is 22.8 Å². The van der Waals surface area contributed by atoms with Crippen LogP contribution in [0.15, 0.2) is 30.6 Å². The number of nitrogens with zero attached hydrogens (tertiary/aromatic N) is 3. The van der Waals surface area contributed by atoms with Crippen LogP contribution < -0.4 is 10.1 Å². The Bertz CT molecular complexity index is 814. The van der Waals surface area contributed by atoms with Crippen molar-refractivity contribution < 1.29 is 18.7 Å². The van der Waals surface area contributed by atoms with Crippen LogP contribution in [0.5, 0.6) is 5.75 Å². The van der Waals surface area contributed by atoms with E-state index in [0.29, 0.717) is 19.0 Å². The van der Waals surface area contributed by atoms with Gasteiger partial charge in [0.05, 0.1) is 37.2 Å². The van der Waals surface area contributed by atoms with Crippen molar-refractivity contribution in [3.8, 4) is 11.8 Å². The Morgan fingerprint density at radius 2 is 2.40 bits per heavy atom. The summed E-state index contributed by atoms with van der Waals surface area (Å²) in [6, 6.07) is 5.03. The Morgan fingerprint density at radius 3 is 3.12 bits per heavy atom. The highest BCUT2D eigenvalue weighted by molar-refractivity contribution is 5.94. The summed E-state index contributed by atoms with van der Waals surface area (Å²) in [6.07, 6.45) is 3.03. The molecule has 1 aliphatic rings. The highest BCUT2D eigenvalue weighted by Crippen LogP contribution is 2.17. The number of aromatic nitrogens is 2. The molecule has 130 valence electrons. The minimum atomic E-state index is -0.655. The molecule has 0 unspecified atom stereocenters. The molecule has 1 aromatic heterocycles. The molecule has 0 spiro atoms. The van der Waals surface area contributed by atoms with Crippen molar-refractivity contribution in [2.45, 2.75) is 25.6 Å². The van der Waals surface area contributed by atoms with Crippen molar-refractivity contribution in [2.24, 2.45) is 0 Å². The summed E-state index contributed by atoms with van der Waals surface area (Å²) in [5.41, 5.74) is 0.0394. The monoisotopic (exact) mass is 344 g/mol. The fourth-order valence-electron chi connectivity index (χ4n) is 2.54. The Kier molecular flexibility index (Phi) is 4.95. The largest absolute Gasteiger partial charge is 0.482 e. The van der Waals surface area contributed by atoms with E-state index in [1.54, 1.807) is 23.1 Å². The van der Waals surface area contributed by atoms with Crippen LogP contribution in [0.3, 0.4) is 0 Å². The number of nitriles is 1. The average molecular weight is 344 g/mol. The van der Waals surface area contributed by atoms with Gasteiger partial charge in [0.2, 0.25) is 0 Å². The summed E-state index contributed by atoms with van der Waals surface area (Å²) < 4.78 is 26.3. The van der Waals surface area contributed by atoms with Crippen molar-refractivity contribution >= 4 is 5.91 Å². The number of hydrogen-bond donors (Lipinski definition) is 1. The number of aryl methyl sites for hydroxylation is 1. The molecule has 2 atom stereocenters. The van der Waals surface area contributed by atoms with Crippen LogP contribution in [-0.2, 0) is 11.3 Å². The first-order valence-electron chi connectivity index (χ1n) is 7.88. The fraction of sp³-hybridized carbons (Fsp3) is 0.353. The van der Waals surface area contributed by atoms with E-state index in [4.69, 9.17) is 14.7 Å². The third kappa shape index (κ3) is 3.78. The lowest BCUT2D eigenvalue weighted by atomic mass is 10.1. The molecule has 0 aliphatic carbocycles. The molecule has 2 heterocycles. The van der Waals surface area contributed by atoms with Crippen molar-refractivity contribution in [3.05, 3.63) is 47.5 Å². The van der Waals surface area contributed by atoms with Crippen LogP contribution in [-0.4, -0.2) is 41.0 Å². The highest BCUT2D eigenvalue weighted by Gasteiger charge is 2.32. The molecule has 2 aromatic rings. The third-order valence-electron chi connectivity index (χ3n) is 3.91. The molecule has 1 aromatic carbocycles. The van der Waals surface area contributed by atoms with Gasteiger partial charge in [-0.3, -0.25) is 9.48 Å². The molecular formula is C17H17FN4O3. The molecule has 1 saturated heterocycles. The van der Waals surface area contributed by atoms with E-state index < -0.39 is 11.7 Å². The van der Waals surface area contributed by atoms with E-state index in [1.807, 2.05) is 6.92 Å². The first-order chi connectivity index (χ1) is 12.1. The van der Waals surface area contributed by atoms with Crippen LogP contribution in [0.2, 0.25) is 0 Å². The number of rotatable bonds is 5. The zero-order chi connectivity index (χ0) is 17.8. The second-order valence-electron chi connectivity index (χ2n) is 5.61. The maximum atomic E-state index is 13.4. The standard InChI is InChI=1S/C17H17FN4O3/c1-2-22-8-13(7-20-22)25-16-10-24-9-15(16)21-17(23)11-3-4-14(18)12(5-11)6-19/h3-5,7-8,15-16H,2,9-10H2,1H3,(H,21,23)/t15-,16+/m0/s1. The number of amides is 1. The van der Waals surface area contributed by atoms with Gasteiger partial charge in [-0.15, -0.1) is 0 Å². The van der Waals surface area contributed by atoms with Gasteiger partial charge in [-0.2, -0.15) is 10.4 Å². The number of halogens is 1. The number of nitrogens with one attached hydrogen (secondary N) is 1. The van der Waals surface area contributed by atoms with Gasteiger partial charge in [-0.1, -0.05) is 0 Å². The molecule has 1 amide bonds. The molecule has 1 aliphatic heterocycles. The van der Waals surface area contributed by atoms with E-state index in [-0.39, 0.29) is 23.3 Å². The number of ether oxygens (including phenoxy) is 2. The molecule has 8 heteroatoms. The molecule has 0 bridgehead atoms. The van der Waals surface area contributed by atoms with E-state index >= 15 is 0 Å². The fourth-order valence-corrected chi connectivity index (χ4v) is 2.54. The van der Waals surface area contributed by atoms with Crippen LogP contribution in [0, 0.1) is 17.1 Å². The average Bonchev–Trinajstić information content (AvgIpc) is 3.25. The Morgan fingerprint density at radius 1 is 1.56 bits per heavy atom. The van der Waals surface area contributed by atoms with Gasteiger partial charge in [0.1, 0.15) is 18.0 Å². The molecule has 3 rings (SSSR count). The predicted molar refractivity (Wildman–Crippen MR) is 85.5 cm³/mol. The normalized spacial score (nSPS) is 19.4. The number of hydrogen-bond acceptors (Lipinski definition) is 5. The SMILES string of the molecule is CCn1cc(O[C@@H]2COC[C@@H]2NC(=O)c2ccc(F)c(C#N)c2)cn1. The lowest BCUT2D eigenvalue weighted by Crippen LogP contribution is -2.45.